The number of anilines is 1. The molecule has 1 aliphatic carbocycles. The topological polar surface area (TPSA) is 96.9 Å². The molecule has 1 aromatic heterocycles. The Morgan fingerprint density at radius 3 is 2.20 bits per heavy atom. The van der Waals surface area contributed by atoms with Gasteiger partial charge < -0.3 is 19.3 Å². The number of carbonyl (C=O) groups excluding carboxylic acids is 2. The third-order valence-electron chi connectivity index (χ3n) is 6.94. The van der Waals surface area contributed by atoms with Crippen molar-refractivity contribution in [2.24, 2.45) is 5.92 Å². The highest BCUT2D eigenvalue weighted by atomic mass is 16.6. The number of nitrogens with zero attached hydrogens (tertiary/aromatic N) is 4. The summed E-state index contributed by atoms with van der Waals surface area (Å²) < 4.78 is 10.9. The molecule has 0 spiro atoms. The molecule has 1 N–H and O–H groups in total. The van der Waals surface area contributed by atoms with Crippen LogP contribution in [0.15, 0.2) is 0 Å². The first-order valence-electron chi connectivity index (χ1n) is 13.0. The van der Waals surface area contributed by atoms with Crippen LogP contribution in [-0.4, -0.2) is 76.7 Å². The SMILES string of the molecule is Cc1nc(OCC(=O)N(C)C2CCN(CC3CCCCC3)CC2)nc(C)c1NC(=O)OC(C)(C)C. The molecule has 0 radical (unpaired) electrons. The fourth-order valence-electron chi connectivity index (χ4n) is 4.99. The molecule has 0 atom stereocenters. The third kappa shape index (κ3) is 8.33. The lowest BCUT2D eigenvalue weighted by Gasteiger charge is -2.38. The van der Waals surface area contributed by atoms with E-state index in [-0.39, 0.29) is 24.6 Å². The standard InChI is InChI=1S/C26H43N5O4/c1-18-23(29-25(33)35-26(3,4)5)19(2)28-24(27-18)34-17-22(32)30(6)21-12-14-31(15-13-21)16-20-10-8-7-9-11-20/h20-21H,7-17H2,1-6H3,(H,29,33). The summed E-state index contributed by atoms with van der Waals surface area (Å²) in [6.45, 7) is 12.1. The lowest BCUT2D eigenvalue weighted by molar-refractivity contribution is -0.135. The zero-order chi connectivity index (χ0) is 25.6. The Balaban J connectivity index is 1.46. The van der Waals surface area contributed by atoms with E-state index in [0.717, 1.165) is 31.8 Å². The Labute approximate surface area is 210 Å². The average molecular weight is 490 g/mol. The van der Waals surface area contributed by atoms with E-state index in [0.29, 0.717) is 17.1 Å². The second-order valence-corrected chi connectivity index (χ2v) is 11.0. The van der Waals surface area contributed by atoms with Crippen LogP contribution in [0.2, 0.25) is 0 Å². The van der Waals surface area contributed by atoms with Crippen LogP contribution in [-0.2, 0) is 9.53 Å². The maximum absolute atomic E-state index is 12.8. The van der Waals surface area contributed by atoms with Crippen molar-refractivity contribution in [1.29, 1.82) is 0 Å². The Morgan fingerprint density at radius 1 is 1.03 bits per heavy atom. The maximum atomic E-state index is 12.8. The number of hydrogen-bond donors (Lipinski definition) is 1. The Kier molecular flexibility index (Phi) is 9.33. The van der Waals surface area contributed by atoms with Crippen LogP contribution in [0, 0.1) is 19.8 Å². The second kappa shape index (κ2) is 12.0. The highest BCUT2D eigenvalue weighted by molar-refractivity contribution is 5.86. The molecule has 2 amide bonds. The Bertz CT molecular complexity index is 848. The number of piperidine rings is 1. The van der Waals surface area contributed by atoms with Gasteiger partial charge in [0.1, 0.15) is 5.60 Å². The Hall–Kier alpha value is -2.42. The first-order valence-corrected chi connectivity index (χ1v) is 13.0. The number of likely N-dealkylation sites (tertiary alicyclic amines) is 1. The summed E-state index contributed by atoms with van der Waals surface area (Å²) in [5, 5.41) is 2.70. The van der Waals surface area contributed by atoms with Gasteiger partial charge in [-0.05, 0) is 66.2 Å². The van der Waals surface area contributed by atoms with Crippen LogP contribution in [0.25, 0.3) is 0 Å². The maximum Gasteiger partial charge on any atom is 0.412 e. The van der Waals surface area contributed by atoms with Gasteiger partial charge in [0.05, 0.1) is 17.1 Å². The molecular formula is C26H43N5O4. The molecular weight excluding hydrogens is 446 g/mol. The van der Waals surface area contributed by atoms with Crippen LogP contribution in [0.3, 0.4) is 0 Å². The van der Waals surface area contributed by atoms with Gasteiger partial charge in [-0.3, -0.25) is 10.1 Å². The summed E-state index contributed by atoms with van der Waals surface area (Å²) in [5.41, 5.74) is 0.970. The van der Waals surface area contributed by atoms with Crippen molar-refractivity contribution in [1.82, 2.24) is 19.8 Å². The first kappa shape index (κ1) is 27.2. The van der Waals surface area contributed by atoms with Crippen LogP contribution in [0.1, 0.15) is 77.1 Å². The first-order chi connectivity index (χ1) is 16.5. The predicted molar refractivity (Wildman–Crippen MR) is 136 cm³/mol. The minimum absolute atomic E-state index is 0.0782. The molecule has 2 heterocycles. The molecule has 1 aliphatic heterocycles. The predicted octanol–water partition coefficient (Wildman–Crippen LogP) is 4.32. The van der Waals surface area contributed by atoms with Crippen molar-refractivity contribution in [2.45, 2.75) is 91.2 Å². The number of hydrogen-bond acceptors (Lipinski definition) is 7. The van der Waals surface area contributed by atoms with E-state index in [4.69, 9.17) is 9.47 Å². The molecule has 0 unspecified atom stereocenters. The molecule has 3 rings (SSSR count). The molecule has 2 fully saturated rings. The van der Waals surface area contributed by atoms with E-state index in [2.05, 4.69) is 20.2 Å². The number of aryl methyl sites for hydroxylation is 2. The van der Waals surface area contributed by atoms with Crippen LogP contribution < -0.4 is 10.1 Å². The van der Waals surface area contributed by atoms with E-state index in [1.807, 2.05) is 11.9 Å². The smallest absolute Gasteiger partial charge is 0.412 e. The summed E-state index contributed by atoms with van der Waals surface area (Å²) in [5.74, 6) is 0.774. The van der Waals surface area contributed by atoms with Gasteiger partial charge in [0, 0.05) is 32.7 Å². The van der Waals surface area contributed by atoms with Gasteiger partial charge in [0.25, 0.3) is 5.91 Å². The van der Waals surface area contributed by atoms with Gasteiger partial charge in [0.15, 0.2) is 6.61 Å². The monoisotopic (exact) mass is 489 g/mol. The quantitative estimate of drug-likeness (QED) is 0.609. The Morgan fingerprint density at radius 2 is 1.63 bits per heavy atom. The van der Waals surface area contributed by atoms with Gasteiger partial charge in [-0.15, -0.1) is 0 Å². The van der Waals surface area contributed by atoms with Gasteiger partial charge in [-0.2, -0.15) is 9.97 Å². The molecule has 9 heteroatoms. The van der Waals surface area contributed by atoms with Crippen molar-refractivity contribution in [3.05, 3.63) is 11.4 Å². The average Bonchev–Trinajstić information content (AvgIpc) is 2.79. The van der Waals surface area contributed by atoms with Crippen molar-refractivity contribution < 1.29 is 19.1 Å². The number of rotatable bonds is 7. The summed E-state index contributed by atoms with van der Waals surface area (Å²) in [4.78, 5) is 37.9. The number of aromatic nitrogens is 2. The van der Waals surface area contributed by atoms with Crippen LogP contribution in [0.5, 0.6) is 6.01 Å². The number of carbonyl (C=O) groups is 2. The second-order valence-electron chi connectivity index (χ2n) is 11.0. The van der Waals surface area contributed by atoms with E-state index < -0.39 is 11.7 Å². The van der Waals surface area contributed by atoms with Gasteiger partial charge in [0.2, 0.25) is 0 Å². The van der Waals surface area contributed by atoms with Crippen LogP contribution in [0.4, 0.5) is 10.5 Å². The van der Waals surface area contributed by atoms with E-state index >= 15 is 0 Å². The fourth-order valence-corrected chi connectivity index (χ4v) is 4.99. The summed E-state index contributed by atoms with van der Waals surface area (Å²) in [7, 11) is 1.86. The number of ether oxygens (including phenoxy) is 2. The molecule has 1 aromatic rings. The fraction of sp³-hybridized carbons (Fsp3) is 0.769. The van der Waals surface area contributed by atoms with E-state index in [1.165, 1.54) is 38.6 Å². The van der Waals surface area contributed by atoms with Crippen molar-refractivity contribution in [2.75, 3.05) is 38.6 Å². The van der Waals surface area contributed by atoms with Crippen LogP contribution >= 0.6 is 0 Å². The van der Waals surface area contributed by atoms with E-state index in [1.54, 1.807) is 34.6 Å². The molecule has 1 saturated carbocycles. The number of amides is 2. The highest BCUT2D eigenvalue weighted by Gasteiger charge is 2.27. The van der Waals surface area contributed by atoms with Gasteiger partial charge in [-0.1, -0.05) is 19.3 Å². The summed E-state index contributed by atoms with van der Waals surface area (Å²) >= 11 is 0. The van der Waals surface area contributed by atoms with Crippen molar-refractivity contribution in [3.8, 4) is 6.01 Å². The molecule has 0 aromatic carbocycles. The minimum Gasteiger partial charge on any atom is -0.453 e. The summed E-state index contributed by atoms with van der Waals surface area (Å²) in [6, 6.07) is 0.359. The van der Waals surface area contributed by atoms with Gasteiger partial charge in [-0.25, -0.2) is 4.79 Å². The van der Waals surface area contributed by atoms with E-state index in [9.17, 15) is 9.59 Å². The molecule has 0 bridgehead atoms. The molecule has 196 valence electrons. The molecule has 35 heavy (non-hydrogen) atoms. The van der Waals surface area contributed by atoms with Crippen molar-refractivity contribution >= 4 is 17.7 Å². The zero-order valence-electron chi connectivity index (χ0n) is 22.4. The lowest BCUT2D eigenvalue weighted by Crippen LogP contribution is -2.47. The number of likely N-dealkylation sites (N-methyl/N-ethyl adjacent to an activating group) is 1. The molecule has 2 aliphatic rings. The number of nitrogens with one attached hydrogen (secondary N) is 1. The normalized spacial score (nSPS) is 18.2. The minimum atomic E-state index is -0.603. The summed E-state index contributed by atoms with van der Waals surface area (Å²) in [6.07, 6.45) is 8.31. The van der Waals surface area contributed by atoms with Crippen molar-refractivity contribution in [3.63, 3.8) is 0 Å². The largest absolute Gasteiger partial charge is 0.453 e. The highest BCUT2D eigenvalue weighted by Crippen LogP contribution is 2.26. The zero-order valence-corrected chi connectivity index (χ0v) is 22.4. The molecule has 9 nitrogen and oxygen atoms in total. The lowest BCUT2D eigenvalue weighted by atomic mass is 9.88. The third-order valence-corrected chi connectivity index (χ3v) is 6.94. The van der Waals surface area contributed by atoms with Gasteiger partial charge >= 0.3 is 12.1 Å². The molecule has 1 saturated heterocycles.